The van der Waals surface area contributed by atoms with Crippen LogP contribution in [-0.2, 0) is 0 Å². The lowest BCUT2D eigenvalue weighted by Crippen LogP contribution is -1.70. The number of unbranched alkanes of at least 4 members (excludes halogenated alkanes) is 3. The lowest BCUT2D eigenvalue weighted by molar-refractivity contribution is 0.729. The molecule has 0 aliphatic heterocycles. The third-order valence-electron chi connectivity index (χ3n) is 1.25. The van der Waals surface area contributed by atoms with Gasteiger partial charge in [0, 0.05) is 5.75 Å². The Bertz CT molecular complexity index is 67.0. The average Bonchev–Trinajstić information content (AvgIpc) is 1.89. The Balaban J connectivity index is 2.82. The molecule has 0 radical (unpaired) electrons. The fraction of sp³-hybridized carbons (Fsp3) is 0.750. The number of hydrogen-bond acceptors (Lipinski definition) is 1. The lowest BCUT2D eigenvalue weighted by atomic mass is 10.2. The van der Waals surface area contributed by atoms with Crippen molar-refractivity contribution in [2.75, 3.05) is 5.75 Å². The standard InChI is InChI=1S/C8H16S/c1-2-3-4-5-6-7-8-9/h6-7,9H,2-5,8H2,1H3/b7-6+. The summed E-state index contributed by atoms with van der Waals surface area (Å²) < 4.78 is 0. The van der Waals surface area contributed by atoms with Crippen molar-refractivity contribution in [1.29, 1.82) is 0 Å². The van der Waals surface area contributed by atoms with Crippen molar-refractivity contribution in [1.82, 2.24) is 0 Å². The van der Waals surface area contributed by atoms with Crippen molar-refractivity contribution in [3.05, 3.63) is 12.2 Å². The van der Waals surface area contributed by atoms with E-state index >= 15 is 0 Å². The molecular weight excluding hydrogens is 128 g/mol. The van der Waals surface area contributed by atoms with Crippen LogP contribution in [0.3, 0.4) is 0 Å². The molecule has 0 amide bonds. The molecule has 0 fully saturated rings. The van der Waals surface area contributed by atoms with E-state index in [9.17, 15) is 0 Å². The van der Waals surface area contributed by atoms with Gasteiger partial charge >= 0.3 is 0 Å². The van der Waals surface area contributed by atoms with Gasteiger partial charge in [0.15, 0.2) is 0 Å². The Labute approximate surface area is 63.8 Å². The predicted molar refractivity (Wildman–Crippen MR) is 47.1 cm³/mol. The SMILES string of the molecule is CCCCC/C=C/CS. The van der Waals surface area contributed by atoms with Gasteiger partial charge in [-0.1, -0.05) is 31.9 Å². The van der Waals surface area contributed by atoms with Gasteiger partial charge < -0.3 is 0 Å². The Hall–Kier alpha value is 0.0900. The summed E-state index contributed by atoms with van der Waals surface area (Å²) in [5.74, 6) is 0.881. The van der Waals surface area contributed by atoms with Crippen LogP contribution in [0.5, 0.6) is 0 Å². The van der Waals surface area contributed by atoms with E-state index in [4.69, 9.17) is 0 Å². The number of rotatable bonds is 5. The minimum atomic E-state index is 0.881. The molecule has 0 atom stereocenters. The smallest absolute Gasteiger partial charge is 0.00825 e. The minimum absolute atomic E-state index is 0.881. The van der Waals surface area contributed by atoms with E-state index in [1.807, 2.05) is 0 Å². The second kappa shape index (κ2) is 8.09. The topological polar surface area (TPSA) is 0 Å². The highest BCUT2D eigenvalue weighted by Gasteiger charge is 1.79. The first-order valence-electron chi connectivity index (χ1n) is 3.67. The fourth-order valence-electron chi connectivity index (χ4n) is 0.705. The molecule has 0 aromatic heterocycles. The highest BCUT2D eigenvalue weighted by atomic mass is 32.1. The molecule has 0 nitrogen and oxygen atoms in total. The third-order valence-corrected chi connectivity index (χ3v) is 1.46. The first kappa shape index (κ1) is 9.09. The zero-order chi connectivity index (χ0) is 6.95. The van der Waals surface area contributed by atoms with E-state index in [0.29, 0.717) is 0 Å². The van der Waals surface area contributed by atoms with Crippen LogP contribution in [0.25, 0.3) is 0 Å². The maximum Gasteiger partial charge on any atom is 0.00825 e. The van der Waals surface area contributed by atoms with Crippen LogP contribution in [0.15, 0.2) is 12.2 Å². The molecule has 54 valence electrons. The molecule has 0 aliphatic rings. The maximum absolute atomic E-state index is 4.06. The van der Waals surface area contributed by atoms with Crippen LogP contribution < -0.4 is 0 Å². The summed E-state index contributed by atoms with van der Waals surface area (Å²) in [6, 6.07) is 0. The first-order chi connectivity index (χ1) is 4.41. The Morgan fingerprint density at radius 2 is 2.00 bits per heavy atom. The summed E-state index contributed by atoms with van der Waals surface area (Å²) in [4.78, 5) is 0. The van der Waals surface area contributed by atoms with Gasteiger partial charge in [0.05, 0.1) is 0 Å². The summed E-state index contributed by atoms with van der Waals surface area (Å²) in [5, 5.41) is 0. The van der Waals surface area contributed by atoms with Gasteiger partial charge in [0.25, 0.3) is 0 Å². The second-order valence-corrected chi connectivity index (χ2v) is 2.51. The van der Waals surface area contributed by atoms with Gasteiger partial charge in [0.1, 0.15) is 0 Å². The van der Waals surface area contributed by atoms with Crippen LogP contribution in [-0.4, -0.2) is 5.75 Å². The molecular formula is C8H16S. The molecule has 0 saturated carbocycles. The maximum atomic E-state index is 4.06. The Kier molecular flexibility index (Phi) is 8.17. The van der Waals surface area contributed by atoms with Gasteiger partial charge in [-0.2, -0.15) is 12.6 Å². The number of hydrogen-bond donors (Lipinski definition) is 1. The Morgan fingerprint density at radius 3 is 2.56 bits per heavy atom. The monoisotopic (exact) mass is 144 g/mol. The predicted octanol–water partition coefficient (Wildman–Crippen LogP) is 3.05. The molecule has 0 aliphatic carbocycles. The van der Waals surface area contributed by atoms with Gasteiger partial charge in [-0.15, -0.1) is 0 Å². The first-order valence-corrected chi connectivity index (χ1v) is 4.31. The molecule has 0 spiro atoms. The molecule has 0 aromatic carbocycles. The van der Waals surface area contributed by atoms with Crippen LogP contribution in [0.4, 0.5) is 0 Å². The third kappa shape index (κ3) is 8.09. The normalized spacial score (nSPS) is 10.9. The van der Waals surface area contributed by atoms with E-state index in [2.05, 4.69) is 31.7 Å². The van der Waals surface area contributed by atoms with E-state index in [1.54, 1.807) is 0 Å². The fourth-order valence-corrected chi connectivity index (χ4v) is 0.854. The zero-order valence-corrected chi connectivity index (χ0v) is 7.03. The average molecular weight is 144 g/mol. The lowest BCUT2D eigenvalue weighted by Gasteiger charge is -1.89. The van der Waals surface area contributed by atoms with E-state index in [1.165, 1.54) is 25.7 Å². The Morgan fingerprint density at radius 1 is 1.22 bits per heavy atom. The summed E-state index contributed by atoms with van der Waals surface area (Å²) in [6.07, 6.45) is 9.56. The van der Waals surface area contributed by atoms with Crippen molar-refractivity contribution >= 4 is 12.6 Å². The van der Waals surface area contributed by atoms with Crippen LogP contribution >= 0.6 is 12.6 Å². The summed E-state index contributed by atoms with van der Waals surface area (Å²) in [6.45, 7) is 2.22. The highest BCUT2D eigenvalue weighted by molar-refractivity contribution is 7.80. The molecule has 0 aromatic rings. The molecule has 0 N–H and O–H groups in total. The summed E-state index contributed by atoms with van der Waals surface area (Å²) >= 11 is 4.06. The van der Waals surface area contributed by atoms with Crippen molar-refractivity contribution in [3.8, 4) is 0 Å². The van der Waals surface area contributed by atoms with E-state index in [0.717, 1.165) is 5.75 Å². The molecule has 0 rings (SSSR count). The molecule has 0 bridgehead atoms. The summed E-state index contributed by atoms with van der Waals surface area (Å²) in [7, 11) is 0. The number of thiol groups is 1. The molecule has 0 heterocycles. The molecule has 0 saturated heterocycles. The van der Waals surface area contributed by atoms with Gasteiger partial charge in [-0.3, -0.25) is 0 Å². The molecule has 0 unspecified atom stereocenters. The van der Waals surface area contributed by atoms with Crippen LogP contribution in [0.1, 0.15) is 32.6 Å². The quantitative estimate of drug-likeness (QED) is 0.342. The van der Waals surface area contributed by atoms with Crippen LogP contribution in [0.2, 0.25) is 0 Å². The van der Waals surface area contributed by atoms with Gasteiger partial charge in [-0.25, -0.2) is 0 Å². The highest BCUT2D eigenvalue weighted by Crippen LogP contribution is 1.99. The zero-order valence-electron chi connectivity index (χ0n) is 6.14. The van der Waals surface area contributed by atoms with Crippen molar-refractivity contribution < 1.29 is 0 Å². The van der Waals surface area contributed by atoms with Gasteiger partial charge in [-0.05, 0) is 12.8 Å². The van der Waals surface area contributed by atoms with Crippen molar-refractivity contribution in [3.63, 3.8) is 0 Å². The van der Waals surface area contributed by atoms with Crippen molar-refractivity contribution in [2.45, 2.75) is 32.6 Å². The largest absolute Gasteiger partial charge is 0.175 e. The van der Waals surface area contributed by atoms with E-state index in [-0.39, 0.29) is 0 Å². The van der Waals surface area contributed by atoms with E-state index < -0.39 is 0 Å². The van der Waals surface area contributed by atoms with Crippen molar-refractivity contribution in [2.24, 2.45) is 0 Å². The second-order valence-electron chi connectivity index (χ2n) is 2.15. The minimum Gasteiger partial charge on any atom is -0.175 e. The van der Waals surface area contributed by atoms with Crippen LogP contribution in [0, 0.1) is 0 Å². The summed E-state index contributed by atoms with van der Waals surface area (Å²) in [5.41, 5.74) is 0. The number of allylic oxidation sites excluding steroid dienone is 1. The van der Waals surface area contributed by atoms with Gasteiger partial charge in [0.2, 0.25) is 0 Å². The molecule has 1 heteroatoms. The molecule has 9 heavy (non-hydrogen) atoms.